The van der Waals surface area contributed by atoms with E-state index in [0.29, 0.717) is 13.0 Å². The van der Waals surface area contributed by atoms with Gasteiger partial charge in [-0.15, -0.1) is 0 Å². The number of aliphatic hydroxyl groups is 1. The molecular weight excluding hydrogens is 316 g/mol. The van der Waals surface area contributed by atoms with Crippen LogP contribution in [0.5, 0.6) is 0 Å². The number of carbonyl (C=O) groups excluding carboxylic acids is 1. The van der Waals surface area contributed by atoms with E-state index in [1.807, 2.05) is 25.0 Å². The molecule has 0 saturated carbocycles. The van der Waals surface area contributed by atoms with Crippen molar-refractivity contribution in [1.82, 2.24) is 19.6 Å². The van der Waals surface area contributed by atoms with Crippen LogP contribution in [0.15, 0.2) is 24.4 Å². The number of aryl methyl sites for hydroxylation is 1. The molecule has 2 fully saturated rings. The first-order valence-corrected chi connectivity index (χ1v) is 9.03. The zero-order valence-electron chi connectivity index (χ0n) is 15.0. The first-order valence-electron chi connectivity index (χ1n) is 9.03. The fraction of sp³-hybridized carbons (Fsp3) is 0.579. The smallest absolute Gasteiger partial charge is 0.228 e. The summed E-state index contributed by atoms with van der Waals surface area (Å²) in [5.41, 5.74) is 2.07. The lowest BCUT2D eigenvalue weighted by Crippen LogP contribution is -2.56. The fourth-order valence-electron chi connectivity index (χ4n) is 4.53. The molecule has 3 heterocycles. The second-order valence-corrected chi connectivity index (χ2v) is 7.76. The Morgan fingerprint density at radius 1 is 1.28 bits per heavy atom. The largest absolute Gasteiger partial charge is 0.391 e. The van der Waals surface area contributed by atoms with Gasteiger partial charge in [-0.2, -0.15) is 5.10 Å². The predicted octanol–water partition coefficient (Wildman–Crippen LogP) is 1.38. The molecule has 1 N–H and O–H groups in total. The number of likely N-dealkylation sites (tertiary alicyclic amines) is 2. The number of β-amino-alcohol motifs (C(OH)–C–C–N with tert-alkyl or cyclic N) is 1. The summed E-state index contributed by atoms with van der Waals surface area (Å²) < 4.78 is 1.89. The van der Waals surface area contributed by atoms with Gasteiger partial charge >= 0.3 is 0 Å². The highest BCUT2D eigenvalue weighted by atomic mass is 16.3. The van der Waals surface area contributed by atoms with Crippen LogP contribution in [-0.2, 0) is 18.4 Å². The summed E-state index contributed by atoms with van der Waals surface area (Å²) in [4.78, 5) is 16.8. The Morgan fingerprint density at radius 2 is 2.04 bits per heavy atom. The van der Waals surface area contributed by atoms with Gasteiger partial charge in [0.2, 0.25) is 5.91 Å². The van der Waals surface area contributed by atoms with Gasteiger partial charge in [-0.25, -0.2) is 0 Å². The number of aliphatic hydroxyl groups excluding tert-OH is 1. The first kappa shape index (κ1) is 16.5. The number of fused-ring (bicyclic) bond motifs is 1. The lowest BCUT2D eigenvalue weighted by Gasteiger charge is -2.47. The summed E-state index contributed by atoms with van der Waals surface area (Å²) >= 11 is 0. The van der Waals surface area contributed by atoms with Gasteiger partial charge in [0, 0.05) is 32.6 Å². The summed E-state index contributed by atoms with van der Waals surface area (Å²) in [6.45, 7) is 3.16. The van der Waals surface area contributed by atoms with E-state index in [0.717, 1.165) is 38.0 Å². The summed E-state index contributed by atoms with van der Waals surface area (Å²) in [7, 11) is 3.76. The van der Waals surface area contributed by atoms with Crippen molar-refractivity contribution < 1.29 is 9.90 Å². The van der Waals surface area contributed by atoms with Gasteiger partial charge in [-0.1, -0.05) is 6.07 Å². The van der Waals surface area contributed by atoms with Gasteiger partial charge in [0.15, 0.2) is 0 Å². The predicted molar refractivity (Wildman–Crippen MR) is 95.9 cm³/mol. The lowest BCUT2D eigenvalue weighted by molar-refractivity contribution is -0.154. The third kappa shape index (κ3) is 2.93. The zero-order chi connectivity index (χ0) is 17.6. The van der Waals surface area contributed by atoms with Crippen molar-refractivity contribution in [2.75, 3.05) is 26.7 Å². The maximum Gasteiger partial charge on any atom is 0.228 e. The zero-order valence-corrected chi connectivity index (χ0v) is 15.0. The molecular formula is C19H26N4O2. The Labute approximate surface area is 148 Å². The molecule has 2 aromatic rings. The molecule has 134 valence electrons. The van der Waals surface area contributed by atoms with Crippen LogP contribution in [0, 0.1) is 5.41 Å². The van der Waals surface area contributed by atoms with Crippen LogP contribution in [0.25, 0.3) is 10.9 Å². The molecule has 1 aromatic carbocycles. The topological polar surface area (TPSA) is 61.6 Å². The van der Waals surface area contributed by atoms with Crippen LogP contribution in [0.2, 0.25) is 0 Å². The standard InChI is InChI=1S/C19H26N4O2/c1-21-13-16(24)10-19(18(21)25)5-7-23(8-6-19)12-14-3-4-17-15(9-14)11-20-22(17)2/h3-4,9,11,16,24H,5-8,10,12-13H2,1-2H3. The Morgan fingerprint density at radius 3 is 2.80 bits per heavy atom. The van der Waals surface area contributed by atoms with Crippen molar-refractivity contribution in [3.63, 3.8) is 0 Å². The number of hydrogen-bond donors (Lipinski definition) is 1. The van der Waals surface area contributed by atoms with E-state index in [9.17, 15) is 9.90 Å². The van der Waals surface area contributed by atoms with Crippen LogP contribution in [0.1, 0.15) is 24.8 Å². The molecule has 1 aromatic heterocycles. The van der Waals surface area contributed by atoms with Crippen molar-refractivity contribution in [3.05, 3.63) is 30.0 Å². The Balaban J connectivity index is 1.43. The van der Waals surface area contributed by atoms with Gasteiger partial charge in [-0.3, -0.25) is 14.4 Å². The number of hydrogen-bond acceptors (Lipinski definition) is 4. The third-order valence-corrected chi connectivity index (χ3v) is 5.94. The van der Waals surface area contributed by atoms with Crippen molar-refractivity contribution >= 4 is 16.8 Å². The number of benzene rings is 1. The highest BCUT2D eigenvalue weighted by Gasteiger charge is 2.47. The minimum absolute atomic E-state index is 0.217. The van der Waals surface area contributed by atoms with Crippen LogP contribution < -0.4 is 0 Å². The average molecular weight is 342 g/mol. The molecule has 4 rings (SSSR count). The normalized spacial score (nSPS) is 24.4. The van der Waals surface area contributed by atoms with Gasteiger partial charge in [0.1, 0.15) is 0 Å². The fourth-order valence-corrected chi connectivity index (χ4v) is 4.53. The molecule has 6 heteroatoms. The number of amides is 1. The molecule has 0 bridgehead atoms. The molecule has 1 spiro atoms. The number of piperidine rings is 2. The van der Waals surface area contributed by atoms with E-state index in [1.165, 1.54) is 10.9 Å². The molecule has 2 aliphatic rings. The third-order valence-electron chi connectivity index (χ3n) is 5.94. The van der Waals surface area contributed by atoms with Crippen LogP contribution in [0.4, 0.5) is 0 Å². The average Bonchev–Trinajstić information content (AvgIpc) is 2.95. The first-order chi connectivity index (χ1) is 12.0. The maximum absolute atomic E-state index is 12.6. The molecule has 0 aliphatic carbocycles. The van der Waals surface area contributed by atoms with Crippen LogP contribution >= 0.6 is 0 Å². The van der Waals surface area contributed by atoms with Gasteiger partial charge in [0.25, 0.3) is 0 Å². The highest BCUT2D eigenvalue weighted by Crippen LogP contribution is 2.40. The number of nitrogens with zero attached hydrogens (tertiary/aromatic N) is 4. The molecule has 1 amide bonds. The van der Waals surface area contributed by atoms with Crippen LogP contribution in [-0.4, -0.2) is 63.4 Å². The number of aromatic nitrogens is 2. The lowest BCUT2D eigenvalue weighted by atomic mass is 9.71. The van der Waals surface area contributed by atoms with Gasteiger partial charge < -0.3 is 10.0 Å². The number of carbonyl (C=O) groups is 1. The monoisotopic (exact) mass is 342 g/mol. The molecule has 25 heavy (non-hydrogen) atoms. The summed E-state index contributed by atoms with van der Waals surface area (Å²) in [6, 6.07) is 6.49. The molecule has 2 saturated heterocycles. The second-order valence-electron chi connectivity index (χ2n) is 7.76. The van der Waals surface area contributed by atoms with Crippen molar-refractivity contribution in [1.29, 1.82) is 0 Å². The van der Waals surface area contributed by atoms with Crippen molar-refractivity contribution in [3.8, 4) is 0 Å². The summed E-state index contributed by atoms with van der Waals surface area (Å²) in [5.74, 6) is 0.217. The van der Waals surface area contributed by atoms with Crippen molar-refractivity contribution in [2.24, 2.45) is 12.5 Å². The maximum atomic E-state index is 12.6. The Kier molecular flexibility index (Phi) is 4.04. The van der Waals surface area contributed by atoms with E-state index >= 15 is 0 Å². The van der Waals surface area contributed by atoms with E-state index < -0.39 is 0 Å². The van der Waals surface area contributed by atoms with E-state index in [4.69, 9.17) is 0 Å². The minimum atomic E-state index is -0.387. The number of rotatable bonds is 2. The Hall–Kier alpha value is -1.92. The minimum Gasteiger partial charge on any atom is -0.391 e. The van der Waals surface area contributed by atoms with Crippen molar-refractivity contribution in [2.45, 2.75) is 31.9 Å². The summed E-state index contributed by atoms with van der Waals surface area (Å²) in [6.07, 6.45) is 3.81. The van der Waals surface area contributed by atoms with Gasteiger partial charge in [-0.05, 0) is 50.0 Å². The van der Waals surface area contributed by atoms with E-state index in [2.05, 4.69) is 28.2 Å². The molecule has 2 aliphatic heterocycles. The Bertz CT molecular complexity index is 792. The van der Waals surface area contributed by atoms with Crippen LogP contribution in [0.3, 0.4) is 0 Å². The molecule has 6 nitrogen and oxygen atoms in total. The van der Waals surface area contributed by atoms with E-state index in [-0.39, 0.29) is 17.4 Å². The van der Waals surface area contributed by atoms with Gasteiger partial charge in [0.05, 0.1) is 23.2 Å². The highest BCUT2D eigenvalue weighted by molar-refractivity contribution is 5.83. The number of likely N-dealkylation sites (N-methyl/N-ethyl adjacent to an activating group) is 1. The second kappa shape index (κ2) is 6.11. The van der Waals surface area contributed by atoms with E-state index in [1.54, 1.807) is 4.90 Å². The SMILES string of the molecule is CN1CC(O)CC2(CCN(Cc3ccc4c(cnn4C)c3)CC2)C1=O. The quantitative estimate of drug-likeness (QED) is 0.896. The summed E-state index contributed by atoms with van der Waals surface area (Å²) in [5, 5.41) is 15.6. The molecule has 1 atom stereocenters. The molecule has 0 radical (unpaired) electrons. The molecule has 1 unspecified atom stereocenters.